The van der Waals surface area contributed by atoms with E-state index in [0.29, 0.717) is 16.9 Å². The maximum Gasteiger partial charge on any atom is 0.285 e. The van der Waals surface area contributed by atoms with Crippen LogP contribution in [0.25, 0.3) is 5.69 Å². The number of nitrogens with zero attached hydrogens (tertiary/aromatic N) is 3. The SMILES string of the molecule is Cc1nn(-c2ccccc2)c(Cl)c1C(=O)Nc1ccc(SC(=O)N(C)C)cc1. The molecule has 0 spiro atoms. The van der Waals surface area contributed by atoms with Gasteiger partial charge in [0.2, 0.25) is 0 Å². The number of aromatic nitrogens is 2. The maximum atomic E-state index is 12.7. The predicted octanol–water partition coefficient (Wildman–Crippen LogP) is 4.86. The van der Waals surface area contributed by atoms with Gasteiger partial charge < -0.3 is 10.2 Å². The van der Waals surface area contributed by atoms with Crippen LogP contribution >= 0.6 is 23.4 Å². The molecule has 8 heteroatoms. The molecule has 0 bridgehead atoms. The predicted molar refractivity (Wildman–Crippen MR) is 113 cm³/mol. The molecule has 2 amide bonds. The Labute approximate surface area is 172 Å². The number of hydrogen-bond acceptors (Lipinski definition) is 4. The Balaban J connectivity index is 1.77. The fourth-order valence-corrected chi connectivity index (χ4v) is 3.50. The third-order valence-electron chi connectivity index (χ3n) is 3.91. The second kappa shape index (κ2) is 8.50. The number of carbonyl (C=O) groups is 2. The molecule has 3 rings (SSSR count). The van der Waals surface area contributed by atoms with Gasteiger partial charge in [-0.1, -0.05) is 29.8 Å². The number of halogens is 1. The standard InChI is InChI=1S/C20H19ClN4O2S/c1-13-17(18(21)25(23-13)15-7-5-4-6-8-15)19(26)22-14-9-11-16(12-10-14)28-20(27)24(2)3/h4-12H,1-3H3,(H,22,26). The number of amides is 2. The molecule has 2 aromatic carbocycles. The van der Waals surface area contributed by atoms with Crippen LogP contribution in [0.4, 0.5) is 10.5 Å². The molecular weight excluding hydrogens is 396 g/mol. The van der Waals surface area contributed by atoms with Gasteiger partial charge in [-0.2, -0.15) is 5.10 Å². The molecule has 0 radical (unpaired) electrons. The average Bonchev–Trinajstić information content (AvgIpc) is 2.98. The number of aryl methyl sites for hydroxylation is 1. The Hall–Kier alpha value is -2.77. The Morgan fingerprint density at radius 2 is 1.71 bits per heavy atom. The Morgan fingerprint density at radius 3 is 2.32 bits per heavy atom. The fourth-order valence-electron chi connectivity index (χ4n) is 2.49. The number of benzene rings is 2. The zero-order chi connectivity index (χ0) is 20.3. The van der Waals surface area contributed by atoms with Crippen LogP contribution in [0.15, 0.2) is 59.5 Å². The quantitative estimate of drug-likeness (QED) is 0.619. The van der Waals surface area contributed by atoms with E-state index in [0.717, 1.165) is 22.3 Å². The van der Waals surface area contributed by atoms with Crippen LogP contribution in [-0.4, -0.2) is 39.9 Å². The summed E-state index contributed by atoms with van der Waals surface area (Å²) in [5.74, 6) is -0.338. The number of anilines is 1. The minimum Gasteiger partial charge on any atom is -0.339 e. The lowest BCUT2D eigenvalue weighted by molar-refractivity contribution is 0.102. The molecule has 0 aliphatic rings. The minimum absolute atomic E-state index is 0.0625. The van der Waals surface area contributed by atoms with Crippen molar-refractivity contribution in [1.82, 2.24) is 14.7 Å². The Bertz CT molecular complexity index is 1000. The molecule has 144 valence electrons. The molecular formula is C20H19ClN4O2S. The van der Waals surface area contributed by atoms with Gasteiger partial charge in [0.15, 0.2) is 0 Å². The molecule has 1 N–H and O–H groups in total. The first-order valence-corrected chi connectivity index (χ1v) is 9.67. The summed E-state index contributed by atoms with van der Waals surface area (Å²) >= 11 is 7.55. The van der Waals surface area contributed by atoms with Crippen LogP contribution in [0.5, 0.6) is 0 Å². The van der Waals surface area contributed by atoms with Crippen molar-refractivity contribution < 1.29 is 9.59 Å². The molecule has 28 heavy (non-hydrogen) atoms. The monoisotopic (exact) mass is 414 g/mol. The highest BCUT2D eigenvalue weighted by molar-refractivity contribution is 8.13. The van der Waals surface area contributed by atoms with Crippen molar-refractivity contribution in [3.8, 4) is 5.69 Å². The van der Waals surface area contributed by atoms with Crippen LogP contribution in [-0.2, 0) is 0 Å². The third kappa shape index (κ3) is 4.37. The highest BCUT2D eigenvalue weighted by atomic mass is 35.5. The highest BCUT2D eigenvalue weighted by Crippen LogP contribution is 2.26. The third-order valence-corrected chi connectivity index (χ3v) is 5.31. The molecule has 1 aromatic heterocycles. The van der Waals surface area contributed by atoms with Gasteiger partial charge in [-0.05, 0) is 55.1 Å². The minimum atomic E-state index is -0.338. The summed E-state index contributed by atoms with van der Waals surface area (Å²) in [6.45, 7) is 1.74. The summed E-state index contributed by atoms with van der Waals surface area (Å²) in [6.07, 6.45) is 0. The van der Waals surface area contributed by atoms with Crippen molar-refractivity contribution in [2.75, 3.05) is 19.4 Å². The molecule has 0 unspecified atom stereocenters. The number of carbonyl (C=O) groups excluding carboxylic acids is 2. The van der Waals surface area contributed by atoms with Crippen LogP contribution in [0, 0.1) is 6.92 Å². The summed E-state index contributed by atoms with van der Waals surface area (Å²) < 4.78 is 1.54. The van der Waals surface area contributed by atoms with Crippen LogP contribution in [0.2, 0.25) is 5.15 Å². The Morgan fingerprint density at radius 1 is 1.07 bits per heavy atom. The summed E-state index contributed by atoms with van der Waals surface area (Å²) in [6, 6.07) is 16.4. The highest BCUT2D eigenvalue weighted by Gasteiger charge is 2.21. The molecule has 1 heterocycles. The van der Waals surface area contributed by atoms with Gasteiger partial charge in [-0.25, -0.2) is 4.68 Å². The molecule has 0 aliphatic carbocycles. The van der Waals surface area contributed by atoms with E-state index in [-0.39, 0.29) is 16.3 Å². The van der Waals surface area contributed by atoms with E-state index in [4.69, 9.17) is 11.6 Å². The van der Waals surface area contributed by atoms with Crippen molar-refractivity contribution >= 4 is 40.2 Å². The summed E-state index contributed by atoms with van der Waals surface area (Å²) in [5.41, 5.74) is 2.25. The molecule has 0 saturated heterocycles. The van der Waals surface area contributed by atoms with Gasteiger partial charge in [0, 0.05) is 24.7 Å². The van der Waals surface area contributed by atoms with E-state index in [9.17, 15) is 9.59 Å². The van der Waals surface area contributed by atoms with Crippen LogP contribution < -0.4 is 5.32 Å². The van der Waals surface area contributed by atoms with Gasteiger partial charge in [0.25, 0.3) is 11.1 Å². The lowest BCUT2D eigenvalue weighted by atomic mass is 10.2. The number of nitrogens with one attached hydrogen (secondary N) is 1. The van der Waals surface area contributed by atoms with E-state index in [1.54, 1.807) is 50.0 Å². The van der Waals surface area contributed by atoms with E-state index in [1.807, 2.05) is 30.3 Å². The molecule has 0 saturated carbocycles. The van der Waals surface area contributed by atoms with Gasteiger partial charge in [0.1, 0.15) is 10.7 Å². The van der Waals surface area contributed by atoms with Crippen LogP contribution in [0.1, 0.15) is 16.1 Å². The van der Waals surface area contributed by atoms with Gasteiger partial charge in [0.05, 0.1) is 11.4 Å². The fraction of sp³-hybridized carbons (Fsp3) is 0.150. The second-order valence-corrected chi connectivity index (χ2v) is 7.62. The summed E-state index contributed by atoms with van der Waals surface area (Å²) in [5, 5.41) is 7.40. The largest absolute Gasteiger partial charge is 0.339 e. The van der Waals surface area contributed by atoms with Crippen LogP contribution in [0.3, 0.4) is 0 Å². The first-order chi connectivity index (χ1) is 13.4. The van der Waals surface area contributed by atoms with Gasteiger partial charge >= 0.3 is 0 Å². The van der Waals surface area contributed by atoms with E-state index in [2.05, 4.69) is 10.4 Å². The van der Waals surface area contributed by atoms with Crippen molar-refractivity contribution in [3.05, 3.63) is 71.0 Å². The molecule has 6 nitrogen and oxygen atoms in total. The zero-order valence-electron chi connectivity index (χ0n) is 15.6. The van der Waals surface area contributed by atoms with Crippen molar-refractivity contribution in [2.45, 2.75) is 11.8 Å². The van der Waals surface area contributed by atoms with Crippen molar-refractivity contribution in [2.24, 2.45) is 0 Å². The lowest BCUT2D eigenvalue weighted by Crippen LogP contribution is -2.16. The van der Waals surface area contributed by atoms with Gasteiger partial charge in [-0.3, -0.25) is 9.59 Å². The molecule has 0 aliphatic heterocycles. The summed E-state index contributed by atoms with van der Waals surface area (Å²) in [4.78, 5) is 26.8. The molecule has 0 fully saturated rings. The number of para-hydroxylation sites is 1. The maximum absolute atomic E-state index is 12.7. The average molecular weight is 415 g/mol. The lowest BCUT2D eigenvalue weighted by Gasteiger charge is -2.10. The topological polar surface area (TPSA) is 67.2 Å². The van der Waals surface area contributed by atoms with Gasteiger partial charge in [-0.15, -0.1) is 0 Å². The smallest absolute Gasteiger partial charge is 0.285 e. The second-order valence-electron chi connectivity index (χ2n) is 6.24. The molecule has 0 atom stereocenters. The number of thioether (sulfide) groups is 1. The number of rotatable bonds is 4. The Kier molecular flexibility index (Phi) is 6.06. The first-order valence-electron chi connectivity index (χ1n) is 8.48. The van der Waals surface area contributed by atoms with Crippen molar-refractivity contribution in [3.63, 3.8) is 0 Å². The number of hydrogen-bond donors (Lipinski definition) is 1. The summed E-state index contributed by atoms with van der Waals surface area (Å²) in [7, 11) is 3.40. The first kappa shape index (κ1) is 20.0. The van der Waals surface area contributed by atoms with Crippen molar-refractivity contribution in [1.29, 1.82) is 0 Å². The van der Waals surface area contributed by atoms with E-state index >= 15 is 0 Å². The normalized spacial score (nSPS) is 10.6. The van der Waals surface area contributed by atoms with E-state index < -0.39 is 0 Å². The zero-order valence-corrected chi connectivity index (χ0v) is 17.2. The molecule has 3 aromatic rings. The van der Waals surface area contributed by atoms with E-state index in [1.165, 1.54) is 4.90 Å².